The molecule has 0 aliphatic carbocycles. The lowest BCUT2D eigenvalue weighted by Crippen LogP contribution is -1.91. The average Bonchev–Trinajstić information content (AvgIpc) is 3.68. The van der Waals surface area contributed by atoms with Gasteiger partial charge >= 0.3 is 0 Å². The molecule has 9 aromatic carbocycles. The number of rotatable bonds is 5. The lowest BCUT2D eigenvalue weighted by Gasteiger charge is -2.15. The fraction of sp³-hybridized carbons (Fsp3) is 0. The Morgan fingerprint density at radius 2 is 0.842 bits per heavy atom. The van der Waals surface area contributed by atoms with E-state index in [1.54, 1.807) is 0 Å². The number of nitrogens with zero attached hydrogens (tertiary/aromatic N) is 2. The van der Waals surface area contributed by atoms with E-state index in [0.29, 0.717) is 0 Å². The van der Waals surface area contributed by atoms with Gasteiger partial charge in [0.1, 0.15) is 0 Å². The van der Waals surface area contributed by atoms with Crippen LogP contribution in [0.4, 0.5) is 0 Å². The third-order valence-corrected chi connectivity index (χ3v) is 12.9. The molecule has 12 rings (SSSR count). The molecule has 0 aliphatic rings. The van der Waals surface area contributed by atoms with Crippen molar-refractivity contribution in [2.75, 3.05) is 0 Å². The molecule has 0 aliphatic heterocycles. The van der Waals surface area contributed by atoms with Crippen LogP contribution >= 0.6 is 11.3 Å². The predicted molar refractivity (Wildman–Crippen MR) is 243 cm³/mol. The average molecular weight is 741 g/mol. The van der Waals surface area contributed by atoms with Crippen LogP contribution in [0, 0.1) is 0 Å². The number of fused-ring (bicyclic) bond motifs is 4. The first-order valence-corrected chi connectivity index (χ1v) is 20.2. The fourth-order valence-corrected chi connectivity index (χ4v) is 10.5. The highest BCUT2D eigenvalue weighted by atomic mass is 32.1. The van der Waals surface area contributed by atoms with Crippen molar-refractivity contribution in [1.29, 1.82) is 0 Å². The lowest BCUT2D eigenvalue weighted by atomic mass is 9.87. The molecule has 57 heavy (non-hydrogen) atoms. The van der Waals surface area contributed by atoms with Crippen molar-refractivity contribution < 1.29 is 0 Å². The summed E-state index contributed by atoms with van der Waals surface area (Å²) in [6.45, 7) is 0. The van der Waals surface area contributed by atoms with Gasteiger partial charge in [0.15, 0.2) is 0 Å². The Balaban J connectivity index is 1.15. The first-order chi connectivity index (χ1) is 28.3. The third kappa shape index (κ3) is 4.96. The fourth-order valence-electron chi connectivity index (χ4n) is 9.10. The van der Waals surface area contributed by atoms with Crippen LogP contribution < -0.4 is 0 Å². The molecule has 0 radical (unpaired) electrons. The van der Waals surface area contributed by atoms with Crippen LogP contribution in [0.5, 0.6) is 0 Å². The number of benzene rings is 9. The van der Waals surface area contributed by atoms with Gasteiger partial charge in [0, 0.05) is 54.5 Å². The van der Waals surface area contributed by atoms with Crippen molar-refractivity contribution in [3.63, 3.8) is 0 Å². The second kappa shape index (κ2) is 12.7. The summed E-state index contributed by atoms with van der Waals surface area (Å²) in [4.78, 5) is 12.6. The Kier molecular flexibility index (Phi) is 7.13. The summed E-state index contributed by atoms with van der Waals surface area (Å²) in [6, 6.07) is 68.5. The van der Waals surface area contributed by atoms with Crippen LogP contribution in [-0.2, 0) is 0 Å². The molecule has 264 valence electrons. The number of aromatic nitrogens is 2. The van der Waals surface area contributed by atoms with E-state index in [4.69, 9.17) is 9.97 Å². The summed E-state index contributed by atoms with van der Waals surface area (Å²) in [7, 11) is 0. The van der Waals surface area contributed by atoms with E-state index < -0.39 is 0 Å². The monoisotopic (exact) mass is 740 g/mol. The second-order valence-corrected chi connectivity index (χ2v) is 15.8. The summed E-state index contributed by atoms with van der Waals surface area (Å²) in [5.74, 6) is 0. The van der Waals surface area contributed by atoms with Gasteiger partial charge in [0.05, 0.1) is 16.7 Å². The Bertz CT molecular complexity index is 3500. The molecule has 0 amide bonds. The minimum absolute atomic E-state index is 0.925. The standard InChI is InChI=1S/C54H32N2S/c1-3-11-33(12-4-1)49-50(34-13-5-2-6-14-34)54(45-28-25-37-21-20-35-15-9-16-36-24-27-43(45)48(37)47(35)36)57-53(49)44-30-29-42(40-18-7-8-19-41(40)44)46-31-26-39-23-22-38-17-10-32-55-51(38)52(39)56-46/h1-32H. The highest BCUT2D eigenvalue weighted by Crippen LogP contribution is 2.55. The zero-order chi connectivity index (χ0) is 37.5. The van der Waals surface area contributed by atoms with Crippen molar-refractivity contribution >= 4 is 76.2 Å². The Labute approximate surface area is 333 Å². The van der Waals surface area contributed by atoms with Crippen LogP contribution in [0.15, 0.2) is 194 Å². The molecule has 0 spiro atoms. The third-order valence-electron chi connectivity index (χ3n) is 11.7. The van der Waals surface area contributed by atoms with Gasteiger partial charge < -0.3 is 0 Å². The zero-order valence-corrected chi connectivity index (χ0v) is 31.6. The topological polar surface area (TPSA) is 25.8 Å². The summed E-state index contributed by atoms with van der Waals surface area (Å²) >= 11 is 1.91. The summed E-state index contributed by atoms with van der Waals surface area (Å²) < 4.78 is 0. The number of hydrogen-bond donors (Lipinski definition) is 0. The number of hydrogen-bond acceptors (Lipinski definition) is 3. The van der Waals surface area contributed by atoms with Gasteiger partial charge in [-0.25, -0.2) is 4.98 Å². The van der Waals surface area contributed by atoms with Gasteiger partial charge in [0.25, 0.3) is 0 Å². The quantitative estimate of drug-likeness (QED) is 0.164. The van der Waals surface area contributed by atoms with Gasteiger partial charge in [-0.3, -0.25) is 4.98 Å². The molecule has 12 aromatic rings. The van der Waals surface area contributed by atoms with Gasteiger partial charge in [0.2, 0.25) is 0 Å². The molecular formula is C54H32N2S. The molecule has 0 bridgehead atoms. The minimum Gasteiger partial charge on any atom is -0.254 e. The van der Waals surface area contributed by atoms with Gasteiger partial charge in [-0.05, 0) is 66.3 Å². The van der Waals surface area contributed by atoms with Crippen molar-refractivity contribution in [2.45, 2.75) is 0 Å². The SMILES string of the molecule is c1ccc(-c2c(-c3ccc(-c4ccc5ccc6cccnc6c5n4)c4ccccc34)sc(-c3ccc4ccc5cccc6ccc3c4c56)c2-c2ccccc2)cc1. The highest BCUT2D eigenvalue weighted by Gasteiger charge is 2.26. The smallest absolute Gasteiger partial charge is 0.0972 e. The van der Waals surface area contributed by atoms with Crippen molar-refractivity contribution in [1.82, 2.24) is 9.97 Å². The van der Waals surface area contributed by atoms with Crippen LogP contribution in [0.3, 0.4) is 0 Å². The first-order valence-electron chi connectivity index (χ1n) is 19.4. The minimum atomic E-state index is 0.925. The van der Waals surface area contributed by atoms with E-state index in [1.807, 2.05) is 23.6 Å². The largest absolute Gasteiger partial charge is 0.254 e. The molecule has 3 heterocycles. The molecule has 3 heteroatoms. The van der Waals surface area contributed by atoms with E-state index in [9.17, 15) is 0 Å². The molecule has 2 nitrogen and oxygen atoms in total. The van der Waals surface area contributed by atoms with Crippen LogP contribution in [-0.4, -0.2) is 9.97 Å². The van der Waals surface area contributed by atoms with E-state index in [-0.39, 0.29) is 0 Å². The van der Waals surface area contributed by atoms with Crippen LogP contribution in [0.2, 0.25) is 0 Å². The van der Waals surface area contributed by atoms with Crippen LogP contribution in [0.25, 0.3) is 119 Å². The first kappa shape index (κ1) is 32.1. The van der Waals surface area contributed by atoms with E-state index >= 15 is 0 Å². The Hall–Kier alpha value is -7.20. The van der Waals surface area contributed by atoms with E-state index in [0.717, 1.165) is 33.1 Å². The normalized spacial score (nSPS) is 11.9. The maximum absolute atomic E-state index is 5.29. The van der Waals surface area contributed by atoms with Crippen LogP contribution in [0.1, 0.15) is 0 Å². The summed E-state index contributed by atoms with van der Waals surface area (Å²) in [5, 5.41) is 12.3. The molecular weight excluding hydrogens is 709 g/mol. The molecule has 3 aromatic heterocycles. The Morgan fingerprint density at radius 3 is 1.56 bits per heavy atom. The van der Waals surface area contributed by atoms with Gasteiger partial charge in [-0.15, -0.1) is 11.3 Å². The molecule has 0 saturated heterocycles. The van der Waals surface area contributed by atoms with Crippen molar-refractivity contribution in [3.05, 3.63) is 194 Å². The maximum atomic E-state index is 5.29. The van der Waals surface area contributed by atoms with Crippen molar-refractivity contribution in [3.8, 4) is 54.4 Å². The maximum Gasteiger partial charge on any atom is 0.0972 e. The molecule has 0 atom stereocenters. The lowest BCUT2D eigenvalue weighted by molar-refractivity contribution is 1.37. The highest BCUT2D eigenvalue weighted by molar-refractivity contribution is 7.20. The number of thiophene rings is 1. The molecule has 0 saturated carbocycles. The van der Waals surface area contributed by atoms with E-state index in [2.05, 4.69) is 182 Å². The Morgan fingerprint density at radius 1 is 0.333 bits per heavy atom. The van der Waals surface area contributed by atoms with E-state index in [1.165, 1.54) is 86.2 Å². The second-order valence-electron chi connectivity index (χ2n) is 14.8. The molecule has 0 N–H and O–H groups in total. The van der Waals surface area contributed by atoms with Crippen molar-refractivity contribution in [2.24, 2.45) is 0 Å². The molecule has 0 fully saturated rings. The van der Waals surface area contributed by atoms with Gasteiger partial charge in [-0.2, -0.15) is 0 Å². The summed E-state index contributed by atoms with van der Waals surface area (Å²) in [5.41, 5.74) is 11.3. The van der Waals surface area contributed by atoms with Gasteiger partial charge in [-0.1, -0.05) is 176 Å². The number of pyridine rings is 2. The summed E-state index contributed by atoms with van der Waals surface area (Å²) in [6.07, 6.45) is 1.85. The zero-order valence-electron chi connectivity index (χ0n) is 30.8. The predicted octanol–water partition coefficient (Wildman–Crippen LogP) is 15.2. The molecule has 0 unspecified atom stereocenters.